The highest BCUT2D eigenvalue weighted by Gasteiger charge is 2.16. The Morgan fingerprint density at radius 3 is 2.83 bits per heavy atom. The Morgan fingerprint density at radius 2 is 2.06 bits per heavy atom. The molecule has 0 fully saturated rings. The summed E-state index contributed by atoms with van der Waals surface area (Å²) in [6.07, 6.45) is 5.17. The lowest BCUT2D eigenvalue weighted by atomic mass is 9.99. The summed E-state index contributed by atoms with van der Waals surface area (Å²) in [5.41, 5.74) is 3.42. The van der Waals surface area contributed by atoms with Crippen molar-refractivity contribution in [2.45, 2.75) is 19.9 Å². The Bertz CT molecular complexity index is 641. The van der Waals surface area contributed by atoms with Crippen LogP contribution >= 0.6 is 23.2 Å². The molecule has 0 spiro atoms. The van der Waals surface area contributed by atoms with Crippen molar-refractivity contribution in [3.05, 3.63) is 57.6 Å². The summed E-state index contributed by atoms with van der Waals surface area (Å²) in [6.45, 7) is 3.02. The predicted molar refractivity (Wildman–Crippen MR) is 75.1 cm³/mol. The number of allylic oxidation sites excluding steroid dienone is 1. The molecule has 0 N–H and O–H groups in total. The van der Waals surface area contributed by atoms with Gasteiger partial charge in [-0.15, -0.1) is 0 Å². The first-order valence-electron chi connectivity index (χ1n) is 5.85. The van der Waals surface area contributed by atoms with Gasteiger partial charge in [-0.3, -0.25) is 0 Å². The van der Waals surface area contributed by atoms with Crippen LogP contribution in [-0.4, -0.2) is 9.55 Å². The van der Waals surface area contributed by atoms with E-state index >= 15 is 0 Å². The normalized spacial score (nSPS) is 14.3. The van der Waals surface area contributed by atoms with E-state index in [0.717, 1.165) is 30.0 Å². The average Bonchev–Trinajstić information content (AvgIpc) is 2.75. The second kappa shape index (κ2) is 4.45. The van der Waals surface area contributed by atoms with Gasteiger partial charge in [-0.1, -0.05) is 35.3 Å². The van der Waals surface area contributed by atoms with E-state index in [9.17, 15) is 0 Å². The van der Waals surface area contributed by atoms with E-state index in [2.05, 4.69) is 15.6 Å². The van der Waals surface area contributed by atoms with E-state index in [-0.39, 0.29) is 0 Å². The molecule has 0 bridgehead atoms. The minimum atomic E-state index is 0.585. The Morgan fingerprint density at radius 1 is 1.22 bits per heavy atom. The molecule has 2 heterocycles. The van der Waals surface area contributed by atoms with Gasteiger partial charge in [0, 0.05) is 12.1 Å². The highest BCUT2D eigenvalue weighted by molar-refractivity contribution is 6.42. The summed E-state index contributed by atoms with van der Waals surface area (Å²) in [5.74, 6) is 1.05. The molecular weight excluding hydrogens is 267 g/mol. The molecule has 0 atom stereocenters. The van der Waals surface area contributed by atoms with Crippen LogP contribution in [0, 0.1) is 6.92 Å². The first kappa shape index (κ1) is 11.8. The van der Waals surface area contributed by atoms with Crippen molar-refractivity contribution < 1.29 is 0 Å². The molecule has 18 heavy (non-hydrogen) atoms. The zero-order valence-electron chi connectivity index (χ0n) is 9.95. The third kappa shape index (κ3) is 1.86. The number of imidazole rings is 1. The van der Waals surface area contributed by atoms with Crippen molar-refractivity contribution in [2.75, 3.05) is 0 Å². The predicted octanol–water partition coefficient (Wildman–Crippen LogP) is 4.33. The first-order valence-corrected chi connectivity index (χ1v) is 6.60. The number of aryl methyl sites for hydroxylation is 1. The molecule has 0 amide bonds. The van der Waals surface area contributed by atoms with E-state index in [1.165, 1.54) is 5.57 Å². The van der Waals surface area contributed by atoms with E-state index < -0.39 is 0 Å². The monoisotopic (exact) mass is 278 g/mol. The Kier molecular flexibility index (Phi) is 2.92. The standard InChI is InChI=1S/C14H12Cl2N2/c1-9-17-8-14-11(3-2-6-18(9)14)10-4-5-12(15)13(16)7-10/h3-5,7-8H,2,6H2,1H3. The first-order chi connectivity index (χ1) is 8.66. The maximum Gasteiger partial charge on any atom is 0.105 e. The number of rotatable bonds is 1. The summed E-state index contributed by atoms with van der Waals surface area (Å²) in [5, 5.41) is 1.17. The molecule has 1 aliphatic heterocycles. The third-order valence-corrected chi connectivity index (χ3v) is 4.00. The van der Waals surface area contributed by atoms with Crippen LogP contribution in [0.1, 0.15) is 23.5 Å². The van der Waals surface area contributed by atoms with Crippen molar-refractivity contribution in [2.24, 2.45) is 0 Å². The molecule has 0 aliphatic carbocycles. The maximum absolute atomic E-state index is 6.08. The van der Waals surface area contributed by atoms with Gasteiger partial charge in [0.2, 0.25) is 0 Å². The number of fused-ring (bicyclic) bond motifs is 1. The molecule has 2 aromatic rings. The summed E-state index contributed by atoms with van der Waals surface area (Å²) >= 11 is 12.0. The topological polar surface area (TPSA) is 17.8 Å². The molecule has 0 radical (unpaired) electrons. The smallest absolute Gasteiger partial charge is 0.105 e. The molecule has 1 aromatic heterocycles. The van der Waals surface area contributed by atoms with Crippen molar-refractivity contribution in [1.29, 1.82) is 0 Å². The molecule has 2 nitrogen and oxygen atoms in total. The Hall–Kier alpha value is -1.25. The van der Waals surface area contributed by atoms with Gasteiger partial charge in [-0.25, -0.2) is 4.98 Å². The average molecular weight is 279 g/mol. The zero-order valence-corrected chi connectivity index (χ0v) is 11.5. The Labute approximate surface area is 116 Å². The molecule has 3 rings (SSSR count). The Balaban J connectivity index is 2.12. The van der Waals surface area contributed by atoms with Gasteiger partial charge in [0.05, 0.1) is 21.9 Å². The SMILES string of the molecule is Cc1ncc2n1CCC=C2c1ccc(Cl)c(Cl)c1. The highest BCUT2D eigenvalue weighted by atomic mass is 35.5. The fourth-order valence-electron chi connectivity index (χ4n) is 2.34. The fourth-order valence-corrected chi connectivity index (χ4v) is 2.64. The van der Waals surface area contributed by atoms with Gasteiger partial charge in [0.1, 0.15) is 5.82 Å². The van der Waals surface area contributed by atoms with E-state index in [4.69, 9.17) is 23.2 Å². The molecule has 92 valence electrons. The van der Waals surface area contributed by atoms with Gasteiger partial charge in [0.15, 0.2) is 0 Å². The quantitative estimate of drug-likeness (QED) is 0.759. The number of hydrogen-bond acceptors (Lipinski definition) is 1. The van der Waals surface area contributed by atoms with Crippen molar-refractivity contribution in [3.63, 3.8) is 0 Å². The molecule has 1 aromatic carbocycles. The highest BCUT2D eigenvalue weighted by Crippen LogP contribution is 2.32. The van der Waals surface area contributed by atoms with Crippen LogP contribution in [0.4, 0.5) is 0 Å². The van der Waals surface area contributed by atoms with Crippen molar-refractivity contribution >= 4 is 28.8 Å². The number of nitrogens with zero attached hydrogens (tertiary/aromatic N) is 2. The van der Waals surface area contributed by atoms with Crippen molar-refractivity contribution in [3.8, 4) is 0 Å². The van der Waals surface area contributed by atoms with Crippen LogP contribution in [0.25, 0.3) is 5.57 Å². The molecule has 1 aliphatic rings. The summed E-state index contributed by atoms with van der Waals surface area (Å²) in [4.78, 5) is 4.38. The van der Waals surface area contributed by atoms with Crippen LogP contribution < -0.4 is 0 Å². The summed E-state index contributed by atoms with van der Waals surface area (Å²) < 4.78 is 2.23. The summed E-state index contributed by atoms with van der Waals surface area (Å²) in [6, 6.07) is 5.74. The lowest BCUT2D eigenvalue weighted by Gasteiger charge is -2.18. The number of benzene rings is 1. The number of aromatic nitrogens is 2. The second-order valence-corrected chi connectivity index (χ2v) is 5.19. The van der Waals surface area contributed by atoms with Crippen LogP contribution in [0.5, 0.6) is 0 Å². The maximum atomic E-state index is 6.08. The fraction of sp³-hybridized carbons (Fsp3) is 0.214. The van der Waals surface area contributed by atoms with Crippen LogP contribution in [-0.2, 0) is 6.54 Å². The van der Waals surface area contributed by atoms with Gasteiger partial charge in [-0.2, -0.15) is 0 Å². The van der Waals surface area contributed by atoms with E-state index in [0.29, 0.717) is 10.0 Å². The van der Waals surface area contributed by atoms with Crippen molar-refractivity contribution in [1.82, 2.24) is 9.55 Å². The van der Waals surface area contributed by atoms with Gasteiger partial charge in [-0.05, 0) is 31.0 Å². The lowest BCUT2D eigenvalue weighted by molar-refractivity contribution is 0.665. The molecular formula is C14H12Cl2N2. The van der Waals surface area contributed by atoms with Crippen LogP contribution in [0.2, 0.25) is 10.0 Å². The number of halogens is 2. The molecule has 0 saturated heterocycles. The molecule has 4 heteroatoms. The minimum absolute atomic E-state index is 0.585. The summed E-state index contributed by atoms with van der Waals surface area (Å²) in [7, 11) is 0. The van der Waals surface area contributed by atoms with Gasteiger partial charge in [0.25, 0.3) is 0 Å². The zero-order chi connectivity index (χ0) is 12.7. The molecule has 0 saturated carbocycles. The third-order valence-electron chi connectivity index (χ3n) is 3.26. The van der Waals surface area contributed by atoms with Crippen LogP contribution in [0.15, 0.2) is 30.5 Å². The molecule has 0 unspecified atom stereocenters. The van der Waals surface area contributed by atoms with Crippen LogP contribution in [0.3, 0.4) is 0 Å². The van der Waals surface area contributed by atoms with Gasteiger partial charge >= 0.3 is 0 Å². The second-order valence-electron chi connectivity index (χ2n) is 4.38. The van der Waals surface area contributed by atoms with Gasteiger partial charge < -0.3 is 4.57 Å². The minimum Gasteiger partial charge on any atom is -0.328 e. The van der Waals surface area contributed by atoms with E-state index in [1.807, 2.05) is 31.3 Å². The lowest BCUT2D eigenvalue weighted by Crippen LogP contribution is -2.09. The number of hydrogen-bond donors (Lipinski definition) is 0. The largest absolute Gasteiger partial charge is 0.328 e. The van der Waals surface area contributed by atoms with E-state index in [1.54, 1.807) is 0 Å².